The van der Waals surface area contributed by atoms with E-state index in [1.54, 1.807) is 29.2 Å². The van der Waals surface area contributed by atoms with Gasteiger partial charge in [0, 0.05) is 48.6 Å². The molecule has 2 aliphatic rings. The summed E-state index contributed by atoms with van der Waals surface area (Å²) in [5.74, 6) is -0.802. The van der Waals surface area contributed by atoms with Crippen LogP contribution in [0.4, 0.5) is 10.1 Å². The Morgan fingerprint density at radius 2 is 1.55 bits per heavy atom. The second-order valence-corrected chi connectivity index (χ2v) is 8.26. The normalized spacial score (nSPS) is 15.2. The van der Waals surface area contributed by atoms with E-state index in [0.717, 1.165) is 11.1 Å². The molecule has 1 heterocycles. The molecular formula is C26H22FN3O3. The van der Waals surface area contributed by atoms with Crippen LogP contribution in [0.2, 0.25) is 0 Å². The van der Waals surface area contributed by atoms with Crippen LogP contribution in [0.15, 0.2) is 66.7 Å². The molecule has 1 N–H and O–H groups in total. The zero-order chi connectivity index (χ0) is 22.9. The Bertz CT molecular complexity index is 1270. The number of amides is 2. The molecule has 5 rings (SSSR count). The predicted molar refractivity (Wildman–Crippen MR) is 123 cm³/mol. The number of piperazine rings is 1. The second kappa shape index (κ2) is 8.60. The van der Waals surface area contributed by atoms with Crippen molar-refractivity contribution in [1.82, 2.24) is 9.80 Å². The smallest absolute Gasteiger partial charge is 0.253 e. The lowest BCUT2D eigenvalue weighted by molar-refractivity contribution is -0.117. The molecule has 1 aliphatic heterocycles. The van der Waals surface area contributed by atoms with Crippen molar-refractivity contribution in [3.8, 4) is 11.1 Å². The fraction of sp³-hybridized carbons (Fsp3) is 0.192. The van der Waals surface area contributed by atoms with Crippen LogP contribution in [0.1, 0.15) is 26.3 Å². The number of fused-ring (bicyclic) bond motifs is 3. The third-order valence-electron chi connectivity index (χ3n) is 6.11. The highest BCUT2D eigenvalue weighted by Gasteiger charge is 2.29. The van der Waals surface area contributed by atoms with Gasteiger partial charge >= 0.3 is 0 Å². The third kappa shape index (κ3) is 4.15. The van der Waals surface area contributed by atoms with E-state index in [0.29, 0.717) is 48.6 Å². The summed E-state index contributed by atoms with van der Waals surface area (Å²) in [5.41, 5.74) is 3.91. The van der Waals surface area contributed by atoms with Crippen LogP contribution in [0.25, 0.3) is 11.1 Å². The molecule has 0 unspecified atom stereocenters. The zero-order valence-electron chi connectivity index (χ0n) is 17.9. The average Bonchev–Trinajstić information content (AvgIpc) is 3.11. The van der Waals surface area contributed by atoms with Crippen molar-refractivity contribution in [2.45, 2.75) is 0 Å². The first-order valence-electron chi connectivity index (χ1n) is 10.8. The number of rotatable bonds is 4. The minimum Gasteiger partial charge on any atom is -0.336 e. The number of ketones is 1. The number of anilines is 1. The van der Waals surface area contributed by atoms with Crippen molar-refractivity contribution in [3.63, 3.8) is 0 Å². The summed E-state index contributed by atoms with van der Waals surface area (Å²) in [6, 6.07) is 18.6. The van der Waals surface area contributed by atoms with Gasteiger partial charge in [-0.05, 0) is 41.5 Å². The van der Waals surface area contributed by atoms with Gasteiger partial charge in [0.25, 0.3) is 5.91 Å². The molecule has 3 aromatic rings. The van der Waals surface area contributed by atoms with Crippen LogP contribution in [-0.2, 0) is 4.79 Å². The van der Waals surface area contributed by atoms with Gasteiger partial charge in [-0.15, -0.1) is 0 Å². The van der Waals surface area contributed by atoms with Gasteiger partial charge in [0.05, 0.1) is 6.54 Å². The summed E-state index contributed by atoms with van der Waals surface area (Å²) in [5, 5.41) is 2.69. The second-order valence-electron chi connectivity index (χ2n) is 8.26. The number of carbonyl (C=O) groups excluding carboxylic acids is 3. The van der Waals surface area contributed by atoms with E-state index in [-0.39, 0.29) is 24.1 Å². The van der Waals surface area contributed by atoms with E-state index in [1.165, 1.54) is 12.1 Å². The van der Waals surface area contributed by atoms with Crippen molar-refractivity contribution in [2.24, 2.45) is 0 Å². The van der Waals surface area contributed by atoms with E-state index < -0.39 is 5.82 Å². The van der Waals surface area contributed by atoms with Crippen LogP contribution in [0.5, 0.6) is 0 Å². The molecule has 3 aromatic carbocycles. The van der Waals surface area contributed by atoms with E-state index in [1.807, 2.05) is 35.2 Å². The summed E-state index contributed by atoms with van der Waals surface area (Å²) >= 11 is 0. The monoisotopic (exact) mass is 443 g/mol. The molecule has 2 amide bonds. The molecule has 0 radical (unpaired) electrons. The lowest BCUT2D eigenvalue weighted by Crippen LogP contribution is -2.50. The van der Waals surface area contributed by atoms with Gasteiger partial charge in [0.1, 0.15) is 5.82 Å². The van der Waals surface area contributed by atoms with Gasteiger partial charge < -0.3 is 10.2 Å². The minimum atomic E-state index is -0.405. The molecule has 7 heteroatoms. The summed E-state index contributed by atoms with van der Waals surface area (Å²) < 4.78 is 13.3. The van der Waals surface area contributed by atoms with E-state index in [9.17, 15) is 18.8 Å². The quantitative estimate of drug-likeness (QED) is 0.525. The first-order chi connectivity index (χ1) is 16.0. The summed E-state index contributed by atoms with van der Waals surface area (Å²) in [6.45, 7) is 2.24. The molecule has 1 aliphatic carbocycles. The van der Waals surface area contributed by atoms with Crippen molar-refractivity contribution in [2.75, 3.05) is 38.0 Å². The van der Waals surface area contributed by atoms with Crippen LogP contribution >= 0.6 is 0 Å². The van der Waals surface area contributed by atoms with Gasteiger partial charge in [-0.25, -0.2) is 4.39 Å². The number of hydrogen-bond acceptors (Lipinski definition) is 4. The highest BCUT2D eigenvalue weighted by molar-refractivity contribution is 6.22. The number of hydrogen-bond donors (Lipinski definition) is 1. The van der Waals surface area contributed by atoms with Crippen molar-refractivity contribution >= 4 is 23.3 Å². The zero-order valence-corrected chi connectivity index (χ0v) is 17.9. The molecule has 0 spiro atoms. The molecule has 6 nitrogen and oxygen atoms in total. The van der Waals surface area contributed by atoms with E-state index >= 15 is 0 Å². The Hall–Kier alpha value is -3.84. The SMILES string of the molecule is O=C(CN1CCN(C(=O)c2ccc3c(c2)C(=O)c2ccccc2-3)CC1)Nc1cccc(F)c1. The fourth-order valence-corrected chi connectivity index (χ4v) is 4.42. The lowest BCUT2D eigenvalue weighted by Gasteiger charge is -2.34. The van der Waals surface area contributed by atoms with Crippen molar-refractivity contribution < 1.29 is 18.8 Å². The maximum absolute atomic E-state index is 13.3. The summed E-state index contributed by atoms with van der Waals surface area (Å²) in [4.78, 5) is 41.8. The topological polar surface area (TPSA) is 69.7 Å². The number of nitrogens with one attached hydrogen (secondary N) is 1. The van der Waals surface area contributed by atoms with Crippen LogP contribution in [-0.4, -0.2) is 60.1 Å². The molecule has 0 bridgehead atoms. The highest BCUT2D eigenvalue weighted by atomic mass is 19.1. The minimum absolute atomic E-state index is 0.0515. The fourth-order valence-electron chi connectivity index (χ4n) is 4.42. The summed E-state index contributed by atoms with van der Waals surface area (Å²) in [7, 11) is 0. The van der Waals surface area contributed by atoms with Crippen LogP contribution in [0, 0.1) is 5.82 Å². The molecule has 166 valence electrons. The molecule has 33 heavy (non-hydrogen) atoms. The van der Waals surface area contributed by atoms with Gasteiger partial charge in [-0.1, -0.05) is 36.4 Å². The lowest BCUT2D eigenvalue weighted by atomic mass is 10.0. The molecule has 0 saturated carbocycles. The Kier molecular flexibility index (Phi) is 5.48. The number of nitrogens with zero attached hydrogens (tertiary/aromatic N) is 2. The maximum Gasteiger partial charge on any atom is 0.253 e. The molecular weight excluding hydrogens is 421 g/mol. The van der Waals surface area contributed by atoms with Gasteiger partial charge in [0.15, 0.2) is 5.78 Å². The van der Waals surface area contributed by atoms with Crippen molar-refractivity contribution in [3.05, 3.63) is 89.2 Å². The van der Waals surface area contributed by atoms with Crippen LogP contribution < -0.4 is 5.32 Å². The predicted octanol–water partition coefficient (Wildman–Crippen LogP) is 3.43. The molecule has 0 atom stereocenters. The summed E-state index contributed by atoms with van der Waals surface area (Å²) in [6.07, 6.45) is 0. The Balaban J connectivity index is 1.19. The number of halogens is 1. The number of benzene rings is 3. The van der Waals surface area contributed by atoms with Gasteiger partial charge in [0.2, 0.25) is 5.91 Å². The van der Waals surface area contributed by atoms with E-state index in [2.05, 4.69) is 5.32 Å². The maximum atomic E-state index is 13.3. The largest absolute Gasteiger partial charge is 0.336 e. The Labute approximate surface area is 190 Å². The average molecular weight is 443 g/mol. The van der Waals surface area contributed by atoms with E-state index in [4.69, 9.17) is 0 Å². The van der Waals surface area contributed by atoms with Crippen molar-refractivity contribution in [1.29, 1.82) is 0 Å². The Morgan fingerprint density at radius 1 is 0.818 bits per heavy atom. The third-order valence-corrected chi connectivity index (χ3v) is 6.11. The molecule has 1 fully saturated rings. The first-order valence-corrected chi connectivity index (χ1v) is 10.8. The molecule has 0 aromatic heterocycles. The first kappa shape index (κ1) is 21.0. The molecule has 1 saturated heterocycles. The Morgan fingerprint density at radius 3 is 2.30 bits per heavy atom. The number of carbonyl (C=O) groups is 3. The standard InChI is InChI=1S/C26H22FN3O3/c27-18-4-3-5-19(15-18)28-24(31)16-29-10-12-30(13-11-29)26(33)17-8-9-21-20-6-1-2-7-22(20)25(32)23(21)14-17/h1-9,14-15H,10-13,16H2,(H,28,31). The van der Waals surface area contributed by atoms with Crippen LogP contribution in [0.3, 0.4) is 0 Å². The van der Waals surface area contributed by atoms with Gasteiger partial charge in [-0.2, -0.15) is 0 Å². The highest BCUT2D eigenvalue weighted by Crippen LogP contribution is 2.36. The van der Waals surface area contributed by atoms with Gasteiger partial charge in [-0.3, -0.25) is 19.3 Å².